The predicted molar refractivity (Wildman–Crippen MR) is 74.4 cm³/mol. The summed E-state index contributed by atoms with van der Waals surface area (Å²) in [5, 5.41) is 3.05. The van der Waals surface area contributed by atoms with Gasteiger partial charge >= 0.3 is 0 Å². The molecule has 2 rings (SSSR count). The van der Waals surface area contributed by atoms with Crippen LogP contribution in [0.25, 0.3) is 0 Å². The van der Waals surface area contributed by atoms with Crippen LogP contribution in [0.3, 0.4) is 0 Å². The van der Waals surface area contributed by atoms with Crippen LogP contribution in [0.5, 0.6) is 0 Å². The fourth-order valence-electron chi connectivity index (χ4n) is 1.38. The zero-order valence-corrected chi connectivity index (χ0v) is 12.1. The van der Waals surface area contributed by atoms with E-state index in [4.69, 9.17) is 11.6 Å². The molecule has 0 spiro atoms. The van der Waals surface area contributed by atoms with Crippen LogP contribution in [0, 0.1) is 6.92 Å². The average molecular weight is 330 g/mol. The van der Waals surface area contributed by atoms with E-state index in [9.17, 15) is 4.79 Å². The number of anilines is 2. The number of hydrogen-bond acceptors (Lipinski definition) is 4. The standard InChI is InChI=1S/C11H10BrClN4O/c1-6-3-4-8(10(18)17(6)2)15-9-7(12)5-14-11(13)16-9/h3-5H,1-2H3,(H,14,15,16). The molecule has 0 saturated carbocycles. The average Bonchev–Trinajstić information content (AvgIpc) is 2.34. The molecule has 0 radical (unpaired) electrons. The lowest BCUT2D eigenvalue weighted by Crippen LogP contribution is -2.21. The number of nitrogens with one attached hydrogen (secondary N) is 1. The first-order valence-corrected chi connectivity index (χ1v) is 6.28. The van der Waals surface area contributed by atoms with Crippen molar-refractivity contribution < 1.29 is 0 Å². The highest BCUT2D eigenvalue weighted by atomic mass is 79.9. The van der Waals surface area contributed by atoms with Crippen molar-refractivity contribution in [1.82, 2.24) is 14.5 Å². The van der Waals surface area contributed by atoms with Gasteiger partial charge in [0.2, 0.25) is 5.28 Å². The van der Waals surface area contributed by atoms with E-state index < -0.39 is 0 Å². The lowest BCUT2D eigenvalue weighted by Gasteiger charge is -2.09. The van der Waals surface area contributed by atoms with Crippen LogP contribution in [0.4, 0.5) is 11.5 Å². The number of hydrogen-bond donors (Lipinski definition) is 1. The van der Waals surface area contributed by atoms with E-state index >= 15 is 0 Å². The van der Waals surface area contributed by atoms with Gasteiger partial charge in [-0.25, -0.2) is 4.98 Å². The van der Waals surface area contributed by atoms with Gasteiger partial charge in [-0.2, -0.15) is 4.98 Å². The van der Waals surface area contributed by atoms with Crippen LogP contribution < -0.4 is 10.9 Å². The van der Waals surface area contributed by atoms with Crippen LogP contribution in [0.15, 0.2) is 27.6 Å². The van der Waals surface area contributed by atoms with Crippen molar-refractivity contribution in [2.75, 3.05) is 5.32 Å². The monoisotopic (exact) mass is 328 g/mol. The molecular formula is C11H10BrClN4O. The van der Waals surface area contributed by atoms with E-state index in [0.29, 0.717) is 16.0 Å². The molecular weight excluding hydrogens is 320 g/mol. The van der Waals surface area contributed by atoms with E-state index in [1.54, 1.807) is 17.7 Å². The molecule has 0 aromatic carbocycles. The fourth-order valence-corrected chi connectivity index (χ4v) is 1.81. The summed E-state index contributed by atoms with van der Waals surface area (Å²) in [6, 6.07) is 3.56. The predicted octanol–water partition coefficient (Wildman–Crippen LogP) is 2.64. The second-order valence-corrected chi connectivity index (χ2v) is 4.91. The van der Waals surface area contributed by atoms with Crippen molar-refractivity contribution in [3.63, 3.8) is 0 Å². The molecule has 1 N–H and O–H groups in total. The highest BCUT2D eigenvalue weighted by molar-refractivity contribution is 9.10. The Morgan fingerprint density at radius 2 is 2.17 bits per heavy atom. The second kappa shape index (κ2) is 5.07. The Bertz CT molecular complexity index is 656. The van der Waals surface area contributed by atoms with E-state index in [0.717, 1.165) is 5.69 Å². The molecule has 2 heterocycles. The van der Waals surface area contributed by atoms with Crippen molar-refractivity contribution in [3.8, 4) is 0 Å². The van der Waals surface area contributed by atoms with Gasteiger partial charge in [-0.15, -0.1) is 0 Å². The van der Waals surface area contributed by atoms with Gasteiger partial charge in [-0.05, 0) is 46.6 Å². The minimum atomic E-state index is -0.128. The molecule has 94 valence electrons. The first-order chi connectivity index (χ1) is 8.49. The molecule has 2 aromatic heterocycles. The van der Waals surface area contributed by atoms with Gasteiger partial charge in [0.1, 0.15) is 11.5 Å². The smallest absolute Gasteiger partial charge is 0.274 e. The topological polar surface area (TPSA) is 59.8 Å². The Balaban J connectivity index is 2.44. The minimum Gasteiger partial charge on any atom is -0.335 e. The Hall–Kier alpha value is -1.40. The molecule has 0 bridgehead atoms. The van der Waals surface area contributed by atoms with Crippen LogP contribution in [0.2, 0.25) is 5.28 Å². The fraction of sp³-hybridized carbons (Fsp3) is 0.182. The molecule has 5 nitrogen and oxygen atoms in total. The molecule has 0 amide bonds. The number of nitrogens with zero attached hydrogens (tertiary/aromatic N) is 3. The summed E-state index contributed by atoms with van der Waals surface area (Å²) in [7, 11) is 1.71. The van der Waals surface area contributed by atoms with Crippen LogP contribution in [-0.2, 0) is 7.05 Å². The molecule has 0 aliphatic heterocycles. The summed E-state index contributed by atoms with van der Waals surface area (Å²) >= 11 is 9.00. The third-order valence-corrected chi connectivity index (χ3v) is 3.29. The molecule has 7 heteroatoms. The maximum Gasteiger partial charge on any atom is 0.274 e. The Labute approximate surface area is 117 Å². The maximum atomic E-state index is 12.0. The Kier molecular flexibility index (Phi) is 3.68. The summed E-state index contributed by atoms with van der Waals surface area (Å²) < 4.78 is 2.19. The molecule has 18 heavy (non-hydrogen) atoms. The van der Waals surface area contributed by atoms with Crippen LogP contribution in [-0.4, -0.2) is 14.5 Å². The van der Waals surface area contributed by atoms with Crippen molar-refractivity contribution >= 4 is 39.0 Å². The van der Waals surface area contributed by atoms with Crippen molar-refractivity contribution in [2.45, 2.75) is 6.92 Å². The van der Waals surface area contributed by atoms with E-state index in [1.165, 1.54) is 6.20 Å². The van der Waals surface area contributed by atoms with Crippen LogP contribution >= 0.6 is 27.5 Å². The van der Waals surface area contributed by atoms with Gasteiger partial charge in [-0.3, -0.25) is 4.79 Å². The Morgan fingerprint density at radius 3 is 2.89 bits per heavy atom. The largest absolute Gasteiger partial charge is 0.335 e. The van der Waals surface area contributed by atoms with Crippen molar-refractivity contribution in [2.24, 2.45) is 7.05 Å². The van der Waals surface area contributed by atoms with Crippen molar-refractivity contribution in [1.29, 1.82) is 0 Å². The zero-order chi connectivity index (χ0) is 13.3. The Morgan fingerprint density at radius 1 is 1.44 bits per heavy atom. The third kappa shape index (κ3) is 2.54. The molecule has 0 saturated heterocycles. The number of halogens is 2. The zero-order valence-electron chi connectivity index (χ0n) is 9.74. The van der Waals surface area contributed by atoms with Gasteiger partial charge in [0.25, 0.3) is 5.56 Å². The summed E-state index contributed by atoms with van der Waals surface area (Å²) in [4.78, 5) is 19.8. The van der Waals surface area contributed by atoms with E-state index in [1.807, 2.05) is 13.0 Å². The molecule has 0 aliphatic rings. The number of pyridine rings is 1. The summed E-state index contributed by atoms with van der Waals surface area (Å²) in [6.07, 6.45) is 1.52. The lowest BCUT2D eigenvalue weighted by molar-refractivity contribution is 0.821. The molecule has 0 aliphatic carbocycles. The quantitative estimate of drug-likeness (QED) is 0.861. The van der Waals surface area contributed by atoms with Crippen molar-refractivity contribution in [3.05, 3.63) is 44.1 Å². The molecule has 0 atom stereocenters. The molecule has 2 aromatic rings. The van der Waals surface area contributed by atoms with Gasteiger partial charge in [0.15, 0.2) is 0 Å². The summed E-state index contributed by atoms with van der Waals surface area (Å²) in [5.41, 5.74) is 1.18. The van der Waals surface area contributed by atoms with Crippen LogP contribution in [0.1, 0.15) is 5.69 Å². The van der Waals surface area contributed by atoms with Gasteiger partial charge in [0.05, 0.1) is 4.47 Å². The maximum absolute atomic E-state index is 12.0. The van der Waals surface area contributed by atoms with Gasteiger partial charge < -0.3 is 9.88 Å². The highest BCUT2D eigenvalue weighted by Gasteiger charge is 2.08. The third-order valence-electron chi connectivity index (χ3n) is 2.52. The van der Waals surface area contributed by atoms with Gasteiger partial charge in [0, 0.05) is 18.9 Å². The van der Waals surface area contributed by atoms with E-state index in [2.05, 4.69) is 31.2 Å². The van der Waals surface area contributed by atoms with E-state index in [-0.39, 0.29) is 10.8 Å². The SMILES string of the molecule is Cc1ccc(Nc2nc(Cl)ncc2Br)c(=O)n1C. The first kappa shape index (κ1) is 13.0. The summed E-state index contributed by atoms with van der Waals surface area (Å²) in [5.74, 6) is 0.455. The normalized spacial score (nSPS) is 10.4. The minimum absolute atomic E-state index is 0.115. The molecule has 0 fully saturated rings. The lowest BCUT2D eigenvalue weighted by atomic mass is 10.3. The van der Waals surface area contributed by atoms with Gasteiger partial charge in [-0.1, -0.05) is 0 Å². The summed E-state index contributed by atoms with van der Waals surface area (Å²) in [6.45, 7) is 1.86. The number of aromatic nitrogens is 3. The first-order valence-electron chi connectivity index (χ1n) is 5.10. The number of aryl methyl sites for hydroxylation is 1. The number of rotatable bonds is 2. The molecule has 0 unspecified atom stereocenters. The second-order valence-electron chi connectivity index (χ2n) is 3.71. The highest BCUT2D eigenvalue weighted by Crippen LogP contribution is 2.22.